The Morgan fingerprint density at radius 1 is 0.609 bits per heavy atom. The zero-order valence-electron chi connectivity index (χ0n) is 12.3. The molecule has 2 heteroatoms. The molecule has 2 nitrogen and oxygen atoms in total. The normalized spacial score (nSPS) is 11.7. The van der Waals surface area contributed by atoms with Crippen LogP contribution in [-0.2, 0) is 0 Å². The molecule has 0 atom stereocenters. The molecule has 0 unspecified atom stereocenters. The van der Waals surface area contributed by atoms with Crippen molar-refractivity contribution >= 4 is 43.4 Å². The first-order valence-electron chi connectivity index (χ1n) is 7.67. The lowest BCUT2D eigenvalue weighted by Gasteiger charge is -2.07. The molecule has 0 spiro atoms. The predicted octanol–water partition coefficient (Wildman–Crippen LogP) is 4.99. The third-order valence-electron chi connectivity index (χ3n) is 4.56. The molecule has 5 aromatic rings. The summed E-state index contributed by atoms with van der Waals surface area (Å²) in [4.78, 5) is 16.6. The van der Waals surface area contributed by atoms with Gasteiger partial charge < -0.3 is 4.98 Å². The van der Waals surface area contributed by atoms with E-state index in [0.29, 0.717) is 0 Å². The van der Waals surface area contributed by atoms with Crippen molar-refractivity contribution in [3.63, 3.8) is 0 Å². The summed E-state index contributed by atoms with van der Waals surface area (Å²) in [7, 11) is 0. The summed E-state index contributed by atoms with van der Waals surface area (Å²) in [6.45, 7) is 0. The van der Waals surface area contributed by atoms with E-state index in [0.717, 1.165) is 43.4 Å². The maximum Gasteiger partial charge on any atom is 0.197 e. The van der Waals surface area contributed by atoms with Gasteiger partial charge >= 0.3 is 0 Å². The molecule has 1 heterocycles. The predicted molar refractivity (Wildman–Crippen MR) is 97.1 cm³/mol. The van der Waals surface area contributed by atoms with Gasteiger partial charge in [-0.1, -0.05) is 54.6 Å². The minimum Gasteiger partial charge on any atom is -0.354 e. The van der Waals surface area contributed by atoms with E-state index in [1.165, 1.54) is 0 Å². The number of hydrogen-bond donors (Lipinski definition) is 1. The number of fused-ring (bicyclic) bond motifs is 5. The van der Waals surface area contributed by atoms with Crippen molar-refractivity contribution in [1.29, 1.82) is 0 Å². The zero-order chi connectivity index (χ0) is 15.4. The van der Waals surface area contributed by atoms with Gasteiger partial charge in [-0.2, -0.15) is 0 Å². The van der Waals surface area contributed by atoms with Gasteiger partial charge in [0.05, 0.1) is 16.4 Å². The van der Waals surface area contributed by atoms with E-state index in [1.54, 1.807) is 0 Å². The smallest absolute Gasteiger partial charge is 0.197 e. The Labute approximate surface area is 132 Å². The molecular formula is C21H13NO. The van der Waals surface area contributed by atoms with Crippen LogP contribution in [0.2, 0.25) is 0 Å². The van der Waals surface area contributed by atoms with Crippen LogP contribution in [-0.4, -0.2) is 4.98 Å². The van der Waals surface area contributed by atoms with E-state index in [9.17, 15) is 4.79 Å². The molecule has 1 N–H and O–H groups in total. The van der Waals surface area contributed by atoms with Gasteiger partial charge in [0.25, 0.3) is 0 Å². The van der Waals surface area contributed by atoms with Gasteiger partial charge in [0, 0.05) is 5.39 Å². The lowest BCUT2D eigenvalue weighted by Crippen LogP contribution is -2.04. The number of hydrogen-bond acceptors (Lipinski definition) is 1. The number of rotatable bonds is 0. The Bertz CT molecular complexity index is 1280. The van der Waals surface area contributed by atoms with Gasteiger partial charge in [0.2, 0.25) is 0 Å². The average molecular weight is 295 g/mol. The topological polar surface area (TPSA) is 32.9 Å². The van der Waals surface area contributed by atoms with E-state index in [2.05, 4.69) is 23.2 Å². The monoisotopic (exact) mass is 295 g/mol. The quantitative estimate of drug-likeness (QED) is 0.317. The van der Waals surface area contributed by atoms with Crippen molar-refractivity contribution in [2.24, 2.45) is 0 Å². The fraction of sp³-hybridized carbons (Fsp3) is 0. The first-order chi connectivity index (χ1) is 11.3. The van der Waals surface area contributed by atoms with E-state index >= 15 is 0 Å². The summed E-state index contributed by atoms with van der Waals surface area (Å²) in [5, 5.41) is 5.83. The van der Waals surface area contributed by atoms with Gasteiger partial charge in [-0.3, -0.25) is 4.79 Å². The molecule has 0 bridgehead atoms. The molecule has 0 radical (unpaired) electrons. The van der Waals surface area contributed by atoms with Crippen molar-refractivity contribution in [3.8, 4) is 0 Å². The number of aromatic nitrogens is 1. The molecule has 0 amide bonds. The molecule has 0 saturated heterocycles. The molecule has 108 valence electrons. The molecule has 5 rings (SSSR count). The van der Waals surface area contributed by atoms with Crippen LogP contribution >= 0.6 is 0 Å². The zero-order valence-corrected chi connectivity index (χ0v) is 12.3. The van der Waals surface area contributed by atoms with Crippen LogP contribution in [0.1, 0.15) is 0 Å². The molecule has 0 fully saturated rings. The van der Waals surface area contributed by atoms with Gasteiger partial charge in [0.15, 0.2) is 5.43 Å². The molecule has 1 aromatic heterocycles. The first-order valence-corrected chi connectivity index (χ1v) is 7.67. The SMILES string of the molecule is O=c1c2cc3ccccc3cc2[nH]c2ccc3ccccc3c12. The van der Waals surface area contributed by atoms with Crippen LogP contribution in [0.3, 0.4) is 0 Å². The van der Waals surface area contributed by atoms with Crippen molar-refractivity contribution in [2.75, 3.05) is 0 Å². The summed E-state index contributed by atoms with van der Waals surface area (Å²) in [6.07, 6.45) is 0. The van der Waals surface area contributed by atoms with Crippen molar-refractivity contribution < 1.29 is 0 Å². The van der Waals surface area contributed by atoms with Gasteiger partial charge in [-0.05, 0) is 39.7 Å². The highest BCUT2D eigenvalue weighted by molar-refractivity contribution is 6.10. The molecule has 0 aliphatic heterocycles. The second-order valence-corrected chi connectivity index (χ2v) is 5.91. The largest absolute Gasteiger partial charge is 0.354 e. The minimum absolute atomic E-state index is 0.0938. The Kier molecular flexibility index (Phi) is 2.39. The maximum atomic E-state index is 13.1. The average Bonchev–Trinajstić information content (AvgIpc) is 2.60. The van der Waals surface area contributed by atoms with Gasteiger partial charge in [-0.25, -0.2) is 0 Å². The summed E-state index contributed by atoms with van der Waals surface area (Å²) in [5.74, 6) is 0. The number of nitrogens with one attached hydrogen (secondary N) is 1. The summed E-state index contributed by atoms with van der Waals surface area (Å²) >= 11 is 0. The lowest BCUT2D eigenvalue weighted by molar-refractivity contribution is 1.50. The summed E-state index contributed by atoms with van der Waals surface area (Å²) < 4.78 is 0. The number of benzene rings is 4. The standard InChI is InChI=1S/C21H13NO/c23-21-17-11-14-6-1-2-7-15(14)12-19(17)22-18-10-9-13-5-3-4-8-16(13)20(18)21/h1-12H,(H,22,23). The van der Waals surface area contributed by atoms with E-state index in [1.807, 2.05) is 54.6 Å². The molecule has 0 saturated carbocycles. The summed E-state index contributed by atoms with van der Waals surface area (Å²) in [5.41, 5.74) is 1.87. The fourth-order valence-electron chi connectivity index (χ4n) is 3.43. The molecule has 0 aliphatic rings. The van der Waals surface area contributed by atoms with Crippen molar-refractivity contribution in [3.05, 3.63) is 83.0 Å². The Balaban J connectivity index is 2.07. The first kappa shape index (κ1) is 12.4. The van der Waals surface area contributed by atoms with Crippen LogP contribution < -0.4 is 5.43 Å². The van der Waals surface area contributed by atoms with Crippen LogP contribution in [0, 0.1) is 0 Å². The molecule has 23 heavy (non-hydrogen) atoms. The number of pyridine rings is 1. The summed E-state index contributed by atoms with van der Waals surface area (Å²) in [6, 6.07) is 24.2. The van der Waals surface area contributed by atoms with E-state index < -0.39 is 0 Å². The Morgan fingerprint density at radius 2 is 1.30 bits per heavy atom. The number of H-pyrrole nitrogens is 1. The number of aromatic amines is 1. The van der Waals surface area contributed by atoms with Crippen molar-refractivity contribution in [2.45, 2.75) is 0 Å². The highest BCUT2D eigenvalue weighted by atomic mass is 16.1. The molecular weight excluding hydrogens is 282 g/mol. The third-order valence-corrected chi connectivity index (χ3v) is 4.56. The van der Waals surface area contributed by atoms with E-state index in [-0.39, 0.29) is 5.43 Å². The van der Waals surface area contributed by atoms with Crippen molar-refractivity contribution in [1.82, 2.24) is 4.98 Å². The van der Waals surface area contributed by atoms with Crippen LogP contribution in [0.5, 0.6) is 0 Å². The Hall–Kier alpha value is -3.13. The van der Waals surface area contributed by atoms with E-state index in [4.69, 9.17) is 0 Å². The highest BCUT2D eigenvalue weighted by Crippen LogP contribution is 2.26. The minimum atomic E-state index is 0.0938. The lowest BCUT2D eigenvalue weighted by atomic mass is 10.0. The van der Waals surface area contributed by atoms with Gasteiger partial charge in [0.1, 0.15) is 0 Å². The third kappa shape index (κ3) is 1.72. The molecule has 4 aromatic carbocycles. The van der Waals surface area contributed by atoms with Crippen LogP contribution in [0.4, 0.5) is 0 Å². The fourth-order valence-corrected chi connectivity index (χ4v) is 3.43. The van der Waals surface area contributed by atoms with Crippen LogP contribution in [0.15, 0.2) is 77.6 Å². The Morgan fingerprint density at radius 3 is 2.13 bits per heavy atom. The highest BCUT2D eigenvalue weighted by Gasteiger charge is 2.09. The second-order valence-electron chi connectivity index (χ2n) is 5.91. The van der Waals surface area contributed by atoms with Gasteiger partial charge in [-0.15, -0.1) is 0 Å². The second kappa shape index (κ2) is 4.43. The molecule has 0 aliphatic carbocycles. The maximum absolute atomic E-state index is 13.1. The van der Waals surface area contributed by atoms with Crippen LogP contribution in [0.25, 0.3) is 43.4 Å².